The van der Waals surface area contributed by atoms with Crippen molar-refractivity contribution >= 4 is 56.0 Å². The van der Waals surface area contributed by atoms with E-state index < -0.39 is 15.3 Å². The van der Waals surface area contributed by atoms with Crippen LogP contribution < -0.4 is 10.5 Å². The van der Waals surface area contributed by atoms with Crippen LogP contribution in [-0.4, -0.2) is 29.1 Å². The highest BCUT2D eigenvalue weighted by atomic mass is 35.5. The number of fused-ring (bicyclic) bond motifs is 1. The number of halogens is 1. The van der Waals surface area contributed by atoms with E-state index in [0.29, 0.717) is 27.9 Å². The number of imidazole rings is 1. The molecule has 7 nitrogen and oxygen atoms in total. The molecule has 0 saturated carbocycles. The van der Waals surface area contributed by atoms with E-state index in [4.69, 9.17) is 16.7 Å². The minimum atomic E-state index is -3.81. The molecule has 0 aliphatic carbocycles. The van der Waals surface area contributed by atoms with Crippen LogP contribution >= 0.6 is 23.4 Å². The summed E-state index contributed by atoms with van der Waals surface area (Å²) in [5.41, 5.74) is 1.98. The molecule has 0 aliphatic rings. The predicted octanol–water partition coefficient (Wildman–Crippen LogP) is 3.87. The Labute approximate surface area is 178 Å². The summed E-state index contributed by atoms with van der Waals surface area (Å²) < 4.78 is 25.3. The Morgan fingerprint density at radius 3 is 2.59 bits per heavy atom. The number of primary sulfonamides is 1. The molecule has 0 fully saturated rings. The number of aromatic nitrogens is 2. The first-order valence-corrected chi connectivity index (χ1v) is 11.8. The van der Waals surface area contributed by atoms with Crippen LogP contribution in [0.5, 0.6) is 0 Å². The molecule has 2 aromatic carbocycles. The average Bonchev–Trinajstić information content (AvgIpc) is 2.99. The minimum absolute atomic E-state index is 0.0104. The molecule has 0 radical (unpaired) electrons. The standard InChI is InChI=1S/C19H21ClN4O3S2/c1-3-10-24-17-9-8-15(29(21,26)27)11-16(17)23-19(24)28-12(2)18(25)22-14-6-4-13(20)5-7-14/h4-9,11-12H,3,10H2,1-2H3,(H,22,25)(H2,21,26,27). The van der Waals surface area contributed by atoms with Crippen LogP contribution in [0.1, 0.15) is 20.3 Å². The maximum Gasteiger partial charge on any atom is 0.238 e. The third-order valence-corrected chi connectivity index (χ3v) is 6.48. The van der Waals surface area contributed by atoms with Crippen LogP contribution in [0.2, 0.25) is 5.02 Å². The van der Waals surface area contributed by atoms with Gasteiger partial charge in [0, 0.05) is 17.3 Å². The monoisotopic (exact) mass is 452 g/mol. The topological polar surface area (TPSA) is 107 Å². The predicted molar refractivity (Wildman–Crippen MR) is 117 cm³/mol. The van der Waals surface area contributed by atoms with Gasteiger partial charge in [0.1, 0.15) is 0 Å². The third-order valence-electron chi connectivity index (χ3n) is 4.22. The van der Waals surface area contributed by atoms with Gasteiger partial charge in [0.15, 0.2) is 5.16 Å². The molecule has 0 aliphatic heterocycles. The van der Waals surface area contributed by atoms with Crippen LogP contribution in [0.4, 0.5) is 5.69 Å². The fourth-order valence-electron chi connectivity index (χ4n) is 2.78. The molecule has 1 aromatic heterocycles. The fraction of sp³-hybridized carbons (Fsp3) is 0.263. The number of nitrogens with one attached hydrogen (secondary N) is 1. The lowest BCUT2D eigenvalue weighted by Gasteiger charge is -2.13. The number of hydrogen-bond acceptors (Lipinski definition) is 5. The Balaban J connectivity index is 1.86. The van der Waals surface area contributed by atoms with E-state index in [-0.39, 0.29) is 10.8 Å². The Morgan fingerprint density at radius 1 is 1.28 bits per heavy atom. The van der Waals surface area contributed by atoms with Crippen molar-refractivity contribution in [1.29, 1.82) is 0 Å². The summed E-state index contributed by atoms with van der Waals surface area (Å²) in [6, 6.07) is 11.5. The van der Waals surface area contributed by atoms with Crippen molar-refractivity contribution in [2.75, 3.05) is 5.32 Å². The number of thioether (sulfide) groups is 1. The van der Waals surface area contributed by atoms with Crippen molar-refractivity contribution in [2.24, 2.45) is 5.14 Å². The molecule has 3 aromatic rings. The van der Waals surface area contributed by atoms with Crippen LogP contribution in [0.15, 0.2) is 52.5 Å². The number of aryl methyl sites for hydroxylation is 1. The van der Waals surface area contributed by atoms with Gasteiger partial charge in [-0.25, -0.2) is 18.5 Å². The van der Waals surface area contributed by atoms with Gasteiger partial charge in [-0.3, -0.25) is 4.79 Å². The second-order valence-electron chi connectivity index (χ2n) is 6.50. The molecule has 3 N–H and O–H groups in total. The number of carbonyl (C=O) groups excluding carboxylic acids is 1. The van der Waals surface area contributed by atoms with Crippen molar-refractivity contribution in [3.63, 3.8) is 0 Å². The summed E-state index contributed by atoms with van der Waals surface area (Å²) in [7, 11) is -3.81. The lowest BCUT2D eigenvalue weighted by molar-refractivity contribution is -0.115. The number of rotatable bonds is 7. The summed E-state index contributed by atoms with van der Waals surface area (Å²) in [5, 5.41) is 8.90. The molecule has 10 heteroatoms. The van der Waals surface area contributed by atoms with E-state index in [2.05, 4.69) is 10.3 Å². The molecule has 1 heterocycles. The van der Waals surface area contributed by atoms with Crippen LogP contribution in [0, 0.1) is 0 Å². The number of benzene rings is 2. The normalized spacial score (nSPS) is 12.8. The van der Waals surface area contributed by atoms with Gasteiger partial charge in [-0.1, -0.05) is 30.3 Å². The zero-order chi connectivity index (χ0) is 21.2. The molecule has 1 atom stereocenters. The van der Waals surface area contributed by atoms with Gasteiger partial charge in [0.2, 0.25) is 15.9 Å². The maximum absolute atomic E-state index is 12.6. The van der Waals surface area contributed by atoms with E-state index in [9.17, 15) is 13.2 Å². The first-order valence-electron chi connectivity index (χ1n) is 8.95. The molecule has 1 unspecified atom stereocenters. The molecule has 0 bridgehead atoms. The Hall–Kier alpha value is -2.07. The van der Waals surface area contributed by atoms with Crippen molar-refractivity contribution in [1.82, 2.24) is 9.55 Å². The van der Waals surface area contributed by atoms with Crippen LogP contribution in [0.25, 0.3) is 11.0 Å². The van der Waals surface area contributed by atoms with E-state index in [1.54, 1.807) is 37.3 Å². The summed E-state index contributed by atoms with van der Waals surface area (Å²) >= 11 is 7.18. The summed E-state index contributed by atoms with van der Waals surface area (Å²) in [6.45, 7) is 4.52. The van der Waals surface area contributed by atoms with Gasteiger partial charge in [0.25, 0.3) is 0 Å². The molecular weight excluding hydrogens is 432 g/mol. The second-order valence-corrected chi connectivity index (χ2v) is 9.80. The molecule has 154 valence electrons. The van der Waals surface area contributed by atoms with Crippen LogP contribution in [0.3, 0.4) is 0 Å². The number of nitrogens with two attached hydrogens (primary N) is 1. The SMILES string of the molecule is CCCn1c(SC(C)C(=O)Nc2ccc(Cl)cc2)nc2cc(S(N)(=O)=O)ccc21. The summed E-state index contributed by atoms with van der Waals surface area (Å²) in [6.07, 6.45) is 0.862. The number of amides is 1. The summed E-state index contributed by atoms with van der Waals surface area (Å²) in [5.74, 6) is -0.169. The zero-order valence-electron chi connectivity index (χ0n) is 15.9. The average molecular weight is 453 g/mol. The lowest BCUT2D eigenvalue weighted by atomic mass is 10.3. The number of anilines is 1. The molecule has 1 amide bonds. The summed E-state index contributed by atoms with van der Waals surface area (Å²) in [4.78, 5) is 17.1. The number of sulfonamides is 1. The van der Waals surface area contributed by atoms with Crippen LogP contribution in [-0.2, 0) is 21.4 Å². The van der Waals surface area contributed by atoms with Gasteiger partial charge in [-0.2, -0.15) is 0 Å². The molecule has 29 heavy (non-hydrogen) atoms. The van der Waals surface area contributed by atoms with Crippen molar-refractivity contribution in [2.45, 2.75) is 42.1 Å². The van der Waals surface area contributed by atoms with E-state index >= 15 is 0 Å². The largest absolute Gasteiger partial charge is 0.325 e. The highest BCUT2D eigenvalue weighted by molar-refractivity contribution is 8.00. The maximum atomic E-state index is 12.6. The first kappa shape index (κ1) is 21.6. The number of hydrogen-bond donors (Lipinski definition) is 2. The smallest absolute Gasteiger partial charge is 0.238 e. The molecule has 0 spiro atoms. The molecule has 0 saturated heterocycles. The first-order chi connectivity index (χ1) is 13.7. The van der Waals surface area contributed by atoms with Gasteiger partial charge in [-0.15, -0.1) is 0 Å². The minimum Gasteiger partial charge on any atom is -0.325 e. The van der Waals surface area contributed by atoms with Crippen molar-refractivity contribution in [3.05, 3.63) is 47.5 Å². The fourth-order valence-corrected chi connectivity index (χ4v) is 4.39. The Morgan fingerprint density at radius 2 is 1.97 bits per heavy atom. The van der Waals surface area contributed by atoms with Crippen molar-refractivity contribution < 1.29 is 13.2 Å². The van der Waals surface area contributed by atoms with Gasteiger partial charge >= 0.3 is 0 Å². The molecular formula is C19H21ClN4O3S2. The quantitative estimate of drug-likeness (QED) is 0.529. The van der Waals surface area contributed by atoms with Crippen molar-refractivity contribution in [3.8, 4) is 0 Å². The van der Waals surface area contributed by atoms with Gasteiger partial charge in [-0.05, 0) is 55.8 Å². The van der Waals surface area contributed by atoms with Gasteiger partial charge in [0.05, 0.1) is 21.2 Å². The van der Waals surface area contributed by atoms with E-state index in [0.717, 1.165) is 11.9 Å². The molecule has 3 rings (SSSR count). The highest BCUT2D eigenvalue weighted by Gasteiger charge is 2.20. The second kappa shape index (κ2) is 8.74. The van der Waals surface area contributed by atoms with E-state index in [1.807, 2.05) is 11.5 Å². The zero-order valence-corrected chi connectivity index (χ0v) is 18.3. The van der Waals surface area contributed by atoms with E-state index in [1.165, 1.54) is 23.9 Å². The third kappa shape index (κ3) is 5.11. The van der Waals surface area contributed by atoms with Gasteiger partial charge < -0.3 is 9.88 Å². The number of nitrogens with zero attached hydrogens (tertiary/aromatic N) is 2. The number of carbonyl (C=O) groups is 1. The Kier molecular flexibility index (Phi) is 6.52. The highest BCUT2D eigenvalue weighted by Crippen LogP contribution is 2.29. The lowest BCUT2D eigenvalue weighted by Crippen LogP contribution is -2.22. The Bertz CT molecular complexity index is 1140.